The Morgan fingerprint density at radius 2 is 2.00 bits per heavy atom. The van der Waals surface area contributed by atoms with Gasteiger partial charge in [0, 0.05) is 26.1 Å². The number of aliphatic hydroxyl groups is 1. The van der Waals surface area contributed by atoms with Gasteiger partial charge in [-0.2, -0.15) is 0 Å². The van der Waals surface area contributed by atoms with Crippen LogP contribution in [-0.4, -0.2) is 36.8 Å². The molecule has 3 N–H and O–H groups in total. The Labute approximate surface area is 92.4 Å². The van der Waals surface area contributed by atoms with Gasteiger partial charge in [0.1, 0.15) is 0 Å². The zero-order valence-electron chi connectivity index (χ0n) is 10.0. The van der Waals surface area contributed by atoms with Crippen molar-refractivity contribution in [1.29, 1.82) is 0 Å². The maximum absolute atomic E-state index is 11.2. The molecule has 1 unspecified atom stereocenters. The lowest BCUT2D eigenvalue weighted by atomic mass is 10.2. The third-order valence-corrected chi connectivity index (χ3v) is 2.09. The topological polar surface area (TPSA) is 61.4 Å². The lowest BCUT2D eigenvalue weighted by Crippen LogP contribution is -2.32. The molecule has 0 aromatic carbocycles. The minimum Gasteiger partial charge on any atom is -0.392 e. The van der Waals surface area contributed by atoms with Crippen LogP contribution in [0.5, 0.6) is 0 Å². The second kappa shape index (κ2) is 8.68. The van der Waals surface area contributed by atoms with Crippen LogP contribution >= 0.6 is 0 Å². The summed E-state index contributed by atoms with van der Waals surface area (Å²) in [7, 11) is 0. The van der Waals surface area contributed by atoms with Gasteiger partial charge < -0.3 is 15.7 Å². The first-order valence-electron chi connectivity index (χ1n) is 5.71. The van der Waals surface area contributed by atoms with Gasteiger partial charge in [0.2, 0.25) is 5.91 Å². The number of hydrogen-bond acceptors (Lipinski definition) is 3. The summed E-state index contributed by atoms with van der Waals surface area (Å²) in [6, 6.07) is 0. The first kappa shape index (κ1) is 14.4. The molecule has 0 radical (unpaired) electrons. The van der Waals surface area contributed by atoms with Gasteiger partial charge in [-0.15, -0.1) is 0 Å². The van der Waals surface area contributed by atoms with Crippen molar-refractivity contribution in [3.8, 4) is 0 Å². The summed E-state index contributed by atoms with van der Waals surface area (Å²) in [6.45, 7) is 7.99. The Bertz CT molecular complexity index is 172. The normalized spacial score (nSPS) is 12.9. The summed E-state index contributed by atoms with van der Waals surface area (Å²) >= 11 is 0. The van der Waals surface area contributed by atoms with Crippen LogP contribution in [0.2, 0.25) is 0 Å². The third-order valence-electron chi connectivity index (χ3n) is 2.09. The van der Waals surface area contributed by atoms with E-state index in [1.165, 1.54) is 0 Å². The number of aliphatic hydroxyl groups excluding tert-OH is 1. The molecule has 15 heavy (non-hydrogen) atoms. The summed E-state index contributed by atoms with van der Waals surface area (Å²) in [5, 5.41) is 15.1. The van der Waals surface area contributed by atoms with Gasteiger partial charge in [0.15, 0.2) is 0 Å². The van der Waals surface area contributed by atoms with Gasteiger partial charge in [0.25, 0.3) is 0 Å². The standard InChI is InChI=1S/C11H24N2O2/c1-4-10(14)8-12-6-5-11(15)13-7-9(2)3/h9-10,12,14H,4-8H2,1-3H3,(H,13,15). The van der Waals surface area contributed by atoms with Crippen LogP contribution in [0, 0.1) is 5.92 Å². The Balaban J connectivity index is 3.31. The number of hydrogen-bond donors (Lipinski definition) is 3. The zero-order valence-corrected chi connectivity index (χ0v) is 10.0. The lowest BCUT2D eigenvalue weighted by Gasteiger charge is -2.10. The molecule has 4 nitrogen and oxygen atoms in total. The van der Waals surface area contributed by atoms with E-state index < -0.39 is 0 Å². The third kappa shape index (κ3) is 9.69. The molecule has 4 heteroatoms. The van der Waals surface area contributed by atoms with Gasteiger partial charge in [-0.3, -0.25) is 4.79 Å². The molecule has 0 saturated carbocycles. The Morgan fingerprint density at radius 1 is 1.33 bits per heavy atom. The van der Waals surface area contributed by atoms with Gasteiger partial charge in [-0.25, -0.2) is 0 Å². The quantitative estimate of drug-likeness (QED) is 0.518. The zero-order chi connectivity index (χ0) is 11.7. The van der Waals surface area contributed by atoms with Crippen molar-refractivity contribution in [2.24, 2.45) is 5.92 Å². The predicted molar refractivity (Wildman–Crippen MR) is 61.6 cm³/mol. The molecule has 0 heterocycles. The van der Waals surface area contributed by atoms with Crippen molar-refractivity contribution in [1.82, 2.24) is 10.6 Å². The Kier molecular flexibility index (Phi) is 8.33. The van der Waals surface area contributed by atoms with E-state index >= 15 is 0 Å². The number of rotatable bonds is 8. The maximum Gasteiger partial charge on any atom is 0.221 e. The van der Waals surface area contributed by atoms with Crippen molar-refractivity contribution in [3.63, 3.8) is 0 Å². The molecule has 0 aromatic heterocycles. The van der Waals surface area contributed by atoms with E-state index in [1.54, 1.807) is 0 Å². The highest BCUT2D eigenvalue weighted by Crippen LogP contribution is 1.89. The molecule has 0 aliphatic heterocycles. The molecule has 0 rings (SSSR count). The van der Waals surface area contributed by atoms with Crippen LogP contribution < -0.4 is 10.6 Å². The molecule has 0 aliphatic rings. The molecular formula is C11H24N2O2. The van der Waals surface area contributed by atoms with Crippen LogP contribution in [0.4, 0.5) is 0 Å². The number of carbonyl (C=O) groups is 1. The average molecular weight is 216 g/mol. The van der Waals surface area contributed by atoms with Gasteiger partial charge in [-0.1, -0.05) is 20.8 Å². The average Bonchev–Trinajstić information content (AvgIpc) is 2.21. The Hall–Kier alpha value is -0.610. The number of carbonyl (C=O) groups excluding carboxylic acids is 1. The van der Waals surface area contributed by atoms with Crippen molar-refractivity contribution >= 4 is 5.91 Å². The number of nitrogens with one attached hydrogen (secondary N) is 2. The van der Waals surface area contributed by atoms with Crippen LogP contribution in [0.25, 0.3) is 0 Å². The molecule has 90 valence electrons. The van der Waals surface area contributed by atoms with Crippen LogP contribution in [-0.2, 0) is 4.79 Å². The van der Waals surface area contributed by atoms with Crippen molar-refractivity contribution in [2.45, 2.75) is 39.7 Å². The summed E-state index contributed by atoms with van der Waals surface area (Å²) < 4.78 is 0. The molecule has 1 atom stereocenters. The molecular weight excluding hydrogens is 192 g/mol. The highest BCUT2D eigenvalue weighted by molar-refractivity contribution is 5.76. The second-order valence-corrected chi connectivity index (χ2v) is 4.21. The Morgan fingerprint density at radius 3 is 2.53 bits per heavy atom. The minimum absolute atomic E-state index is 0.0715. The molecule has 0 aromatic rings. The van der Waals surface area contributed by atoms with E-state index in [0.29, 0.717) is 25.4 Å². The molecule has 1 amide bonds. The smallest absolute Gasteiger partial charge is 0.221 e. The van der Waals surface area contributed by atoms with E-state index in [-0.39, 0.29) is 12.0 Å². The lowest BCUT2D eigenvalue weighted by molar-refractivity contribution is -0.121. The fraction of sp³-hybridized carbons (Fsp3) is 0.909. The van der Waals surface area contributed by atoms with Crippen LogP contribution in [0.1, 0.15) is 33.6 Å². The van der Waals surface area contributed by atoms with E-state index in [2.05, 4.69) is 24.5 Å². The first-order valence-corrected chi connectivity index (χ1v) is 5.71. The fourth-order valence-corrected chi connectivity index (χ4v) is 1.02. The molecule has 0 saturated heterocycles. The highest BCUT2D eigenvalue weighted by Gasteiger charge is 2.03. The van der Waals surface area contributed by atoms with Gasteiger partial charge in [0.05, 0.1) is 6.10 Å². The maximum atomic E-state index is 11.2. The van der Waals surface area contributed by atoms with Crippen LogP contribution in [0.15, 0.2) is 0 Å². The number of amides is 1. The SMILES string of the molecule is CCC(O)CNCCC(=O)NCC(C)C. The summed E-state index contributed by atoms with van der Waals surface area (Å²) in [5.74, 6) is 0.561. The minimum atomic E-state index is -0.302. The van der Waals surface area contributed by atoms with Crippen LogP contribution in [0.3, 0.4) is 0 Å². The predicted octanol–water partition coefficient (Wildman–Crippen LogP) is 0.509. The second-order valence-electron chi connectivity index (χ2n) is 4.21. The summed E-state index contributed by atoms with van der Waals surface area (Å²) in [6.07, 6.45) is 0.916. The highest BCUT2D eigenvalue weighted by atomic mass is 16.3. The monoisotopic (exact) mass is 216 g/mol. The van der Waals surface area contributed by atoms with E-state index in [9.17, 15) is 9.90 Å². The van der Waals surface area contributed by atoms with E-state index in [1.807, 2.05) is 6.92 Å². The van der Waals surface area contributed by atoms with Crippen molar-refractivity contribution in [2.75, 3.05) is 19.6 Å². The van der Waals surface area contributed by atoms with E-state index in [0.717, 1.165) is 13.0 Å². The first-order chi connectivity index (χ1) is 7.06. The van der Waals surface area contributed by atoms with Gasteiger partial charge in [-0.05, 0) is 12.3 Å². The van der Waals surface area contributed by atoms with Crippen molar-refractivity contribution in [3.05, 3.63) is 0 Å². The molecule has 0 bridgehead atoms. The summed E-state index contributed by atoms with van der Waals surface area (Å²) in [4.78, 5) is 11.2. The summed E-state index contributed by atoms with van der Waals surface area (Å²) in [5.41, 5.74) is 0. The molecule has 0 fully saturated rings. The largest absolute Gasteiger partial charge is 0.392 e. The van der Waals surface area contributed by atoms with Gasteiger partial charge >= 0.3 is 0 Å². The van der Waals surface area contributed by atoms with Crippen molar-refractivity contribution < 1.29 is 9.90 Å². The molecule has 0 spiro atoms. The fourth-order valence-electron chi connectivity index (χ4n) is 1.02. The molecule has 0 aliphatic carbocycles. The van der Waals surface area contributed by atoms with E-state index in [4.69, 9.17) is 0 Å².